The maximum Gasteiger partial charge on any atom is 0.316 e. The highest BCUT2D eigenvalue weighted by Crippen LogP contribution is 2.25. The third kappa shape index (κ3) is 4.55. The first-order valence-electron chi connectivity index (χ1n) is 9.37. The number of carbonyl (C=O) groups excluding carboxylic acids is 1. The highest BCUT2D eigenvalue weighted by molar-refractivity contribution is 6.34. The van der Waals surface area contributed by atoms with E-state index >= 15 is 0 Å². The molecule has 1 N–H and O–H groups in total. The van der Waals surface area contributed by atoms with Gasteiger partial charge in [0.15, 0.2) is 0 Å². The van der Waals surface area contributed by atoms with Gasteiger partial charge in [-0.05, 0) is 41.8 Å². The summed E-state index contributed by atoms with van der Waals surface area (Å²) in [7, 11) is 1.55. The molecule has 1 amide bonds. The van der Waals surface area contributed by atoms with Crippen molar-refractivity contribution in [3.05, 3.63) is 82.1 Å². The molecule has 2 heterocycles. The molecule has 2 aromatic carbocycles. The minimum atomic E-state index is -0.210. The Morgan fingerprint density at radius 1 is 1.17 bits per heavy atom. The number of hydrogen-bond acceptors (Lipinski definition) is 5. The zero-order valence-corrected chi connectivity index (χ0v) is 16.8. The summed E-state index contributed by atoms with van der Waals surface area (Å²) in [6.07, 6.45) is 4.55. The summed E-state index contributed by atoms with van der Waals surface area (Å²) in [6.45, 7) is 2.53. The predicted molar refractivity (Wildman–Crippen MR) is 112 cm³/mol. The van der Waals surface area contributed by atoms with E-state index < -0.39 is 0 Å². The minimum absolute atomic E-state index is 0.210. The number of benzene rings is 2. The van der Waals surface area contributed by atoms with Gasteiger partial charge >= 0.3 is 6.01 Å². The molecule has 0 spiro atoms. The van der Waals surface area contributed by atoms with Crippen LogP contribution in [0.3, 0.4) is 0 Å². The highest BCUT2D eigenvalue weighted by Gasteiger charge is 2.18. The van der Waals surface area contributed by atoms with Crippen LogP contribution in [-0.2, 0) is 19.5 Å². The number of nitrogens with one attached hydrogen (secondary N) is 1. The van der Waals surface area contributed by atoms with Crippen LogP contribution in [0.2, 0.25) is 5.02 Å². The van der Waals surface area contributed by atoms with Crippen LogP contribution < -0.4 is 10.1 Å². The largest absolute Gasteiger partial charge is 0.467 e. The molecule has 0 aliphatic carbocycles. The van der Waals surface area contributed by atoms with Gasteiger partial charge in [-0.1, -0.05) is 29.8 Å². The van der Waals surface area contributed by atoms with Gasteiger partial charge in [-0.2, -0.15) is 0 Å². The van der Waals surface area contributed by atoms with Crippen LogP contribution in [0.5, 0.6) is 6.01 Å². The van der Waals surface area contributed by atoms with Gasteiger partial charge in [0, 0.05) is 43.3 Å². The number of methoxy groups -OCH3 is 1. The summed E-state index contributed by atoms with van der Waals surface area (Å²) in [5.41, 5.74) is 4.79. The lowest BCUT2D eigenvalue weighted by molar-refractivity contribution is 0.102. The second-order valence-corrected chi connectivity index (χ2v) is 7.36. The molecule has 0 saturated heterocycles. The first-order valence-corrected chi connectivity index (χ1v) is 9.75. The Bertz CT molecular complexity index is 1020. The lowest BCUT2D eigenvalue weighted by Gasteiger charge is -2.29. The monoisotopic (exact) mass is 408 g/mol. The van der Waals surface area contributed by atoms with Crippen molar-refractivity contribution in [1.29, 1.82) is 0 Å². The Balaban J connectivity index is 1.45. The van der Waals surface area contributed by atoms with E-state index in [1.807, 2.05) is 12.1 Å². The van der Waals surface area contributed by atoms with Crippen molar-refractivity contribution < 1.29 is 9.53 Å². The molecule has 6 nitrogen and oxygen atoms in total. The lowest BCUT2D eigenvalue weighted by atomic mass is 9.98. The number of anilines is 1. The van der Waals surface area contributed by atoms with Gasteiger partial charge in [-0.3, -0.25) is 9.69 Å². The fraction of sp³-hybridized carbons (Fsp3) is 0.227. The number of amides is 1. The Kier molecular flexibility index (Phi) is 5.74. The molecule has 3 aromatic rings. The van der Waals surface area contributed by atoms with Crippen molar-refractivity contribution in [1.82, 2.24) is 14.9 Å². The number of hydrogen-bond donors (Lipinski definition) is 1. The third-order valence-electron chi connectivity index (χ3n) is 4.94. The smallest absolute Gasteiger partial charge is 0.316 e. The molecule has 4 rings (SSSR count). The van der Waals surface area contributed by atoms with E-state index in [1.165, 1.54) is 11.1 Å². The number of carbonyl (C=O) groups is 1. The van der Waals surface area contributed by atoms with Crippen molar-refractivity contribution in [3.63, 3.8) is 0 Å². The first-order chi connectivity index (χ1) is 14.1. The molecular weight excluding hydrogens is 388 g/mol. The van der Waals surface area contributed by atoms with Crippen LogP contribution >= 0.6 is 11.6 Å². The van der Waals surface area contributed by atoms with Gasteiger partial charge < -0.3 is 10.1 Å². The van der Waals surface area contributed by atoms with Gasteiger partial charge in [0.25, 0.3) is 5.91 Å². The maximum absolute atomic E-state index is 12.5. The topological polar surface area (TPSA) is 67.3 Å². The van der Waals surface area contributed by atoms with Gasteiger partial charge in [-0.25, -0.2) is 9.97 Å². The standard InChI is InChI=1S/C22H21ClN4O2/c1-29-22-24-11-15(12-25-22)13-27-9-8-16-6-7-18(10-17(16)14-27)26-21(28)19-4-2-3-5-20(19)23/h2-7,10-12H,8-9,13-14H2,1H3,(H,26,28). The predicted octanol–water partition coefficient (Wildman–Crippen LogP) is 3.95. The number of rotatable bonds is 5. The average molecular weight is 409 g/mol. The molecule has 0 saturated carbocycles. The van der Waals surface area contributed by atoms with Crippen molar-refractivity contribution in [2.45, 2.75) is 19.5 Å². The molecule has 0 unspecified atom stereocenters. The Morgan fingerprint density at radius 2 is 1.97 bits per heavy atom. The fourth-order valence-electron chi connectivity index (χ4n) is 3.46. The second-order valence-electron chi connectivity index (χ2n) is 6.96. The highest BCUT2D eigenvalue weighted by atomic mass is 35.5. The molecule has 7 heteroatoms. The summed E-state index contributed by atoms with van der Waals surface area (Å²) < 4.78 is 5.01. The van der Waals surface area contributed by atoms with Crippen LogP contribution in [0.15, 0.2) is 54.9 Å². The normalized spacial score (nSPS) is 13.6. The van der Waals surface area contributed by atoms with Crippen LogP contribution in [0.1, 0.15) is 27.0 Å². The SMILES string of the molecule is COc1ncc(CN2CCc3ccc(NC(=O)c4ccccc4Cl)cc3C2)cn1. The van der Waals surface area contributed by atoms with E-state index in [4.69, 9.17) is 16.3 Å². The van der Waals surface area contributed by atoms with Crippen LogP contribution in [-0.4, -0.2) is 34.4 Å². The zero-order valence-electron chi connectivity index (χ0n) is 16.1. The maximum atomic E-state index is 12.5. The van der Waals surface area contributed by atoms with E-state index in [1.54, 1.807) is 43.8 Å². The molecule has 29 heavy (non-hydrogen) atoms. The molecule has 0 atom stereocenters. The Hall–Kier alpha value is -2.96. The fourth-order valence-corrected chi connectivity index (χ4v) is 3.68. The summed E-state index contributed by atoms with van der Waals surface area (Å²) in [5, 5.41) is 3.39. The zero-order chi connectivity index (χ0) is 20.2. The van der Waals surface area contributed by atoms with Crippen LogP contribution in [0, 0.1) is 0 Å². The van der Waals surface area contributed by atoms with Crippen molar-refractivity contribution in [2.75, 3.05) is 19.0 Å². The Labute approximate surface area is 174 Å². The second kappa shape index (κ2) is 8.59. The lowest BCUT2D eigenvalue weighted by Crippen LogP contribution is -2.30. The summed E-state index contributed by atoms with van der Waals surface area (Å²) in [5.74, 6) is -0.210. The van der Waals surface area contributed by atoms with Gasteiger partial charge in [-0.15, -0.1) is 0 Å². The molecule has 1 aliphatic rings. The van der Waals surface area contributed by atoms with E-state index in [9.17, 15) is 4.79 Å². The van der Waals surface area contributed by atoms with Crippen molar-refractivity contribution >= 4 is 23.2 Å². The van der Waals surface area contributed by atoms with E-state index in [0.29, 0.717) is 16.6 Å². The molecule has 1 aliphatic heterocycles. The van der Waals surface area contributed by atoms with Crippen LogP contribution in [0.4, 0.5) is 5.69 Å². The molecule has 1 aromatic heterocycles. The Morgan fingerprint density at radius 3 is 2.72 bits per heavy atom. The van der Waals surface area contributed by atoms with Gasteiger partial charge in [0.05, 0.1) is 17.7 Å². The van der Waals surface area contributed by atoms with E-state index in [2.05, 4.69) is 26.3 Å². The molecule has 0 radical (unpaired) electrons. The van der Waals surface area contributed by atoms with Crippen molar-refractivity contribution in [3.8, 4) is 6.01 Å². The number of halogens is 1. The van der Waals surface area contributed by atoms with E-state index in [-0.39, 0.29) is 5.91 Å². The molecule has 0 bridgehead atoms. The van der Waals surface area contributed by atoms with Gasteiger partial charge in [0.1, 0.15) is 0 Å². The molecule has 0 fully saturated rings. The van der Waals surface area contributed by atoms with Crippen molar-refractivity contribution in [2.24, 2.45) is 0 Å². The third-order valence-corrected chi connectivity index (χ3v) is 5.27. The number of nitrogens with zero attached hydrogens (tertiary/aromatic N) is 3. The molecular formula is C22H21ClN4O2. The first kappa shape index (κ1) is 19.4. The van der Waals surface area contributed by atoms with E-state index in [0.717, 1.165) is 37.3 Å². The van der Waals surface area contributed by atoms with Gasteiger partial charge in [0.2, 0.25) is 0 Å². The molecule has 148 valence electrons. The quantitative estimate of drug-likeness (QED) is 0.692. The number of fused-ring (bicyclic) bond motifs is 1. The number of aromatic nitrogens is 2. The average Bonchev–Trinajstić information content (AvgIpc) is 2.74. The summed E-state index contributed by atoms with van der Waals surface area (Å²) >= 11 is 6.13. The minimum Gasteiger partial charge on any atom is -0.467 e. The number of ether oxygens (including phenoxy) is 1. The summed E-state index contributed by atoms with van der Waals surface area (Å²) in [4.78, 5) is 23.2. The summed E-state index contributed by atoms with van der Waals surface area (Å²) in [6, 6.07) is 13.5. The van der Waals surface area contributed by atoms with Crippen LogP contribution in [0.25, 0.3) is 0 Å².